The molecule has 17 heavy (non-hydrogen) atoms. The maximum absolute atomic E-state index is 10.2. The van der Waals surface area contributed by atoms with Crippen LogP contribution in [0.1, 0.15) is 51.5 Å². The highest BCUT2D eigenvalue weighted by Crippen LogP contribution is 2.01. The van der Waals surface area contributed by atoms with Crippen LogP contribution in [0.2, 0.25) is 0 Å². The summed E-state index contributed by atoms with van der Waals surface area (Å²) in [5, 5.41) is 8.37. The zero-order chi connectivity index (χ0) is 12.9. The number of carboxylic acid groups (broad SMARTS) is 1. The highest BCUT2D eigenvalue weighted by atomic mass is 16.4. The van der Waals surface area contributed by atoms with Gasteiger partial charge in [-0.15, -0.1) is 0 Å². The van der Waals surface area contributed by atoms with Crippen molar-refractivity contribution in [3.05, 3.63) is 35.9 Å². The first-order valence-corrected chi connectivity index (χ1v) is 6.46. The molecule has 0 saturated carbocycles. The molecule has 96 valence electrons. The molecule has 0 fully saturated rings. The van der Waals surface area contributed by atoms with Crippen LogP contribution in [0.25, 0.3) is 0 Å². The Kier molecular flexibility index (Phi) is 10.3. The predicted molar refractivity (Wildman–Crippen MR) is 72.2 cm³/mol. The Balaban J connectivity index is 0.000000366. The van der Waals surface area contributed by atoms with Crippen molar-refractivity contribution in [2.24, 2.45) is 0 Å². The molecule has 1 rings (SSSR count). The molecule has 0 radical (unpaired) electrons. The Morgan fingerprint density at radius 3 is 2.00 bits per heavy atom. The molecule has 0 bridgehead atoms. The van der Waals surface area contributed by atoms with Crippen molar-refractivity contribution in [1.29, 1.82) is 0 Å². The van der Waals surface area contributed by atoms with Gasteiger partial charge in [-0.2, -0.15) is 0 Å². The highest BCUT2D eigenvalue weighted by molar-refractivity contribution is 5.67. The normalized spacial score (nSPS) is 9.29. The van der Waals surface area contributed by atoms with Gasteiger partial charge < -0.3 is 5.11 Å². The first-order chi connectivity index (χ1) is 8.20. The molecule has 0 saturated heterocycles. The third-order valence-electron chi connectivity index (χ3n) is 2.43. The molecule has 1 N–H and O–H groups in total. The van der Waals surface area contributed by atoms with E-state index in [1.807, 2.05) is 30.3 Å². The van der Waals surface area contributed by atoms with Crippen molar-refractivity contribution in [3.8, 4) is 0 Å². The Labute approximate surface area is 105 Å². The summed E-state index contributed by atoms with van der Waals surface area (Å²) in [6.45, 7) is 4.46. The summed E-state index contributed by atoms with van der Waals surface area (Å²) < 4.78 is 0. The lowest BCUT2D eigenvalue weighted by atomic mass is 10.1. The molecule has 0 aromatic heterocycles. The van der Waals surface area contributed by atoms with Crippen LogP contribution in [0.4, 0.5) is 0 Å². The molecule has 0 unspecified atom stereocenters. The van der Waals surface area contributed by atoms with Gasteiger partial charge in [0.25, 0.3) is 0 Å². The molecule has 0 heterocycles. The Morgan fingerprint density at radius 1 is 1.06 bits per heavy atom. The van der Waals surface area contributed by atoms with E-state index in [9.17, 15) is 4.79 Å². The maximum Gasteiger partial charge on any atom is 0.303 e. The fraction of sp³-hybridized carbons (Fsp3) is 0.533. The van der Waals surface area contributed by atoms with E-state index >= 15 is 0 Å². The standard InChI is InChI=1S/C9H10O2.C6H14/c10-9(11)7-6-8-4-2-1-3-5-8;1-3-5-6-4-2/h1-5H,6-7H2,(H,10,11);3-6H2,1-2H3. The monoisotopic (exact) mass is 236 g/mol. The molecule has 0 aliphatic heterocycles. The highest BCUT2D eigenvalue weighted by Gasteiger charge is 1.96. The molecule has 0 atom stereocenters. The van der Waals surface area contributed by atoms with Gasteiger partial charge in [0.05, 0.1) is 0 Å². The van der Waals surface area contributed by atoms with Gasteiger partial charge >= 0.3 is 5.97 Å². The summed E-state index contributed by atoms with van der Waals surface area (Å²) in [7, 11) is 0. The zero-order valence-electron chi connectivity index (χ0n) is 11.0. The number of carboxylic acids is 1. The van der Waals surface area contributed by atoms with Gasteiger partial charge in [-0.1, -0.05) is 69.9 Å². The van der Waals surface area contributed by atoms with Crippen molar-refractivity contribution < 1.29 is 9.90 Å². The topological polar surface area (TPSA) is 37.3 Å². The molecule has 0 spiro atoms. The largest absolute Gasteiger partial charge is 0.481 e. The lowest BCUT2D eigenvalue weighted by Crippen LogP contribution is -1.96. The van der Waals surface area contributed by atoms with Crippen LogP contribution in [0, 0.1) is 0 Å². The minimum atomic E-state index is -0.742. The van der Waals surface area contributed by atoms with Crippen molar-refractivity contribution >= 4 is 5.97 Å². The molecule has 0 aliphatic rings. The number of unbranched alkanes of at least 4 members (excludes halogenated alkanes) is 3. The van der Waals surface area contributed by atoms with E-state index in [0.717, 1.165) is 5.56 Å². The van der Waals surface area contributed by atoms with E-state index in [2.05, 4.69) is 13.8 Å². The average Bonchev–Trinajstić information content (AvgIpc) is 2.36. The lowest BCUT2D eigenvalue weighted by molar-refractivity contribution is -0.136. The van der Waals surface area contributed by atoms with Crippen molar-refractivity contribution in [3.63, 3.8) is 0 Å². The summed E-state index contributed by atoms with van der Waals surface area (Å²) in [6, 6.07) is 9.62. The van der Waals surface area contributed by atoms with E-state index in [4.69, 9.17) is 5.11 Å². The molecule has 2 nitrogen and oxygen atoms in total. The molecule has 0 amide bonds. The number of aryl methyl sites for hydroxylation is 1. The van der Waals surface area contributed by atoms with Gasteiger partial charge in [0, 0.05) is 6.42 Å². The van der Waals surface area contributed by atoms with Gasteiger partial charge in [-0.3, -0.25) is 4.79 Å². The minimum absolute atomic E-state index is 0.212. The van der Waals surface area contributed by atoms with Gasteiger partial charge in [-0.05, 0) is 12.0 Å². The van der Waals surface area contributed by atoms with Crippen molar-refractivity contribution in [1.82, 2.24) is 0 Å². The van der Waals surface area contributed by atoms with E-state index < -0.39 is 5.97 Å². The Hall–Kier alpha value is -1.31. The third kappa shape index (κ3) is 11.0. The van der Waals surface area contributed by atoms with Crippen LogP contribution in [0.5, 0.6) is 0 Å². The second kappa shape index (κ2) is 11.2. The van der Waals surface area contributed by atoms with Gasteiger partial charge in [0.2, 0.25) is 0 Å². The number of carbonyl (C=O) groups is 1. The number of aliphatic carboxylic acids is 1. The van der Waals surface area contributed by atoms with Crippen LogP contribution in [-0.4, -0.2) is 11.1 Å². The molecule has 0 aliphatic carbocycles. The molecule has 2 heteroatoms. The third-order valence-corrected chi connectivity index (χ3v) is 2.43. The SMILES string of the molecule is CCCCCC.O=C(O)CCc1ccccc1. The molecule has 1 aromatic carbocycles. The second-order valence-electron chi connectivity index (χ2n) is 4.09. The second-order valence-corrected chi connectivity index (χ2v) is 4.09. The predicted octanol–water partition coefficient (Wildman–Crippen LogP) is 4.29. The van der Waals surface area contributed by atoms with Crippen molar-refractivity contribution in [2.45, 2.75) is 52.4 Å². The fourth-order valence-corrected chi connectivity index (χ4v) is 1.40. The molecular weight excluding hydrogens is 212 g/mol. The summed E-state index contributed by atoms with van der Waals surface area (Å²) in [4.78, 5) is 10.2. The summed E-state index contributed by atoms with van der Waals surface area (Å²) in [5.74, 6) is -0.742. The number of hydrogen-bond acceptors (Lipinski definition) is 1. The van der Waals surface area contributed by atoms with Gasteiger partial charge in [0.1, 0.15) is 0 Å². The quantitative estimate of drug-likeness (QED) is 0.748. The Bertz CT molecular complexity index is 276. The van der Waals surface area contributed by atoms with Crippen molar-refractivity contribution in [2.75, 3.05) is 0 Å². The van der Waals surface area contributed by atoms with Crippen LogP contribution in [0.15, 0.2) is 30.3 Å². The molecular formula is C15H24O2. The summed E-state index contributed by atoms with van der Waals surface area (Å²) in [5.41, 5.74) is 1.08. The van der Waals surface area contributed by atoms with Crippen LogP contribution in [0.3, 0.4) is 0 Å². The maximum atomic E-state index is 10.2. The first kappa shape index (κ1) is 15.7. The average molecular weight is 236 g/mol. The number of benzene rings is 1. The van der Waals surface area contributed by atoms with E-state index in [-0.39, 0.29) is 6.42 Å². The van der Waals surface area contributed by atoms with E-state index in [1.165, 1.54) is 25.7 Å². The van der Waals surface area contributed by atoms with Gasteiger partial charge in [0.15, 0.2) is 0 Å². The first-order valence-electron chi connectivity index (χ1n) is 6.46. The van der Waals surface area contributed by atoms with E-state index in [1.54, 1.807) is 0 Å². The van der Waals surface area contributed by atoms with Crippen LogP contribution in [-0.2, 0) is 11.2 Å². The lowest BCUT2D eigenvalue weighted by Gasteiger charge is -1.95. The fourth-order valence-electron chi connectivity index (χ4n) is 1.40. The minimum Gasteiger partial charge on any atom is -0.481 e. The van der Waals surface area contributed by atoms with Crippen LogP contribution >= 0.6 is 0 Å². The summed E-state index contributed by atoms with van der Waals surface area (Å²) >= 11 is 0. The van der Waals surface area contributed by atoms with Gasteiger partial charge in [-0.25, -0.2) is 0 Å². The summed E-state index contributed by atoms with van der Waals surface area (Å²) in [6.07, 6.45) is 6.37. The number of hydrogen-bond donors (Lipinski definition) is 1. The molecule has 1 aromatic rings. The van der Waals surface area contributed by atoms with Crippen LogP contribution < -0.4 is 0 Å². The number of rotatable bonds is 6. The zero-order valence-corrected chi connectivity index (χ0v) is 11.0. The Morgan fingerprint density at radius 2 is 1.59 bits per heavy atom. The van der Waals surface area contributed by atoms with E-state index in [0.29, 0.717) is 6.42 Å². The smallest absolute Gasteiger partial charge is 0.303 e.